The number of para-hydroxylation sites is 1. The number of fused-ring (bicyclic) bond motifs is 1. The van der Waals surface area contributed by atoms with Gasteiger partial charge in [0.05, 0.1) is 12.8 Å². The average Bonchev–Trinajstić information content (AvgIpc) is 3.24. The highest BCUT2D eigenvalue weighted by molar-refractivity contribution is 7.15. The monoisotopic (exact) mass is 409 g/mol. The van der Waals surface area contributed by atoms with E-state index < -0.39 is 0 Å². The van der Waals surface area contributed by atoms with Crippen molar-refractivity contribution >= 4 is 28.2 Å². The third kappa shape index (κ3) is 3.64. The third-order valence-corrected chi connectivity index (χ3v) is 5.39. The number of carbonyl (C=O) groups is 1. The molecule has 1 aromatic carbocycles. The number of anilines is 1. The van der Waals surface area contributed by atoms with Crippen molar-refractivity contribution < 1.29 is 9.53 Å². The number of benzene rings is 1. The van der Waals surface area contributed by atoms with Crippen LogP contribution in [0, 0.1) is 13.8 Å². The van der Waals surface area contributed by atoms with Crippen LogP contribution < -0.4 is 15.5 Å². The summed E-state index contributed by atoms with van der Waals surface area (Å²) in [5, 5.41) is 9.12. The van der Waals surface area contributed by atoms with Crippen molar-refractivity contribution in [1.29, 1.82) is 0 Å². The number of carbonyl (C=O) groups excluding carboxylic acids is 1. The van der Waals surface area contributed by atoms with Crippen LogP contribution in [0.25, 0.3) is 16.2 Å². The van der Waals surface area contributed by atoms with Gasteiger partial charge in [0.25, 0.3) is 5.95 Å². The lowest BCUT2D eigenvalue weighted by atomic mass is 10.1. The Hall–Kier alpha value is -3.46. The van der Waals surface area contributed by atoms with Gasteiger partial charge in [-0.3, -0.25) is 14.9 Å². The van der Waals surface area contributed by atoms with Crippen LogP contribution in [0.15, 0.2) is 46.6 Å². The van der Waals surface area contributed by atoms with Crippen LogP contribution >= 0.6 is 11.3 Å². The molecule has 4 aromatic rings. The molecular formula is C20H19N5O3S. The first kappa shape index (κ1) is 18.9. The lowest BCUT2D eigenvalue weighted by Gasteiger charge is -2.13. The lowest BCUT2D eigenvalue weighted by molar-refractivity contribution is -0.116. The molecule has 29 heavy (non-hydrogen) atoms. The van der Waals surface area contributed by atoms with Crippen molar-refractivity contribution in [3.8, 4) is 17.0 Å². The van der Waals surface area contributed by atoms with Crippen LogP contribution in [-0.2, 0) is 11.3 Å². The zero-order valence-electron chi connectivity index (χ0n) is 16.2. The van der Waals surface area contributed by atoms with Crippen molar-refractivity contribution in [2.75, 3.05) is 12.4 Å². The smallest absolute Gasteiger partial charge is 0.250 e. The zero-order valence-corrected chi connectivity index (χ0v) is 17.0. The average molecular weight is 409 g/mol. The molecule has 1 amide bonds. The third-order valence-electron chi connectivity index (χ3n) is 4.57. The predicted molar refractivity (Wildman–Crippen MR) is 112 cm³/mol. The topological polar surface area (TPSA) is 90.5 Å². The normalized spacial score (nSPS) is 11.0. The summed E-state index contributed by atoms with van der Waals surface area (Å²) in [6.45, 7) is 3.67. The molecule has 0 unspecified atom stereocenters. The number of nitrogens with zero attached hydrogens (tertiary/aromatic N) is 4. The molecular weight excluding hydrogens is 390 g/mol. The van der Waals surface area contributed by atoms with Crippen molar-refractivity contribution in [3.63, 3.8) is 0 Å². The molecule has 9 heteroatoms. The van der Waals surface area contributed by atoms with Gasteiger partial charge in [-0.15, -0.1) is 16.4 Å². The van der Waals surface area contributed by atoms with Crippen molar-refractivity contribution in [2.24, 2.45) is 0 Å². The molecule has 3 heterocycles. The van der Waals surface area contributed by atoms with Crippen molar-refractivity contribution in [1.82, 2.24) is 19.2 Å². The highest BCUT2D eigenvalue weighted by atomic mass is 32.1. The van der Waals surface area contributed by atoms with E-state index in [2.05, 4.69) is 15.4 Å². The fourth-order valence-corrected chi connectivity index (χ4v) is 4.04. The molecule has 0 saturated heterocycles. The van der Waals surface area contributed by atoms with Crippen LogP contribution in [-0.4, -0.2) is 32.2 Å². The van der Waals surface area contributed by atoms with Gasteiger partial charge in [-0.1, -0.05) is 12.1 Å². The Labute approximate surface area is 170 Å². The van der Waals surface area contributed by atoms with Crippen LogP contribution in [0.1, 0.15) is 11.4 Å². The van der Waals surface area contributed by atoms with Gasteiger partial charge in [0.1, 0.15) is 12.3 Å². The van der Waals surface area contributed by atoms with E-state index >= 15 is 0 Å². The van der Waals surface area contributed by atoms with Gasteiger partial charge >= 0.3 is 0 Å². The van der Waals surface area contributed by atoms with Crippen LogP contribution in [0.4, 0.5) is 5.95 Å². The molecule has 3 aromatic heterocycles. The van der Waals surface area contributed by atoms with E-state index in [0.29, 0.717) is 4.96 Å². The first-order chi connectivity index (χ1) is 14.0. The summed E-state index contributed by atoms with van der Waals surface area (Å²) >= 11 is 1.43. The maximum Gasteiger partial charge on any atom is 0.250 e. The van der Waals surface area contributed by atoms with Crippen molar-refractivity contribution in [3.05, 3.63) is 63.4 Å². The van der Waals surface area contributed by atoms with Crippen LogP contribution in [0.5, 0.6) is 5.75 Å². The Balaban J connectivity index is 1.59. The molecule has 4 rings (SSSR count). The Kier molecular flexibility index (Phi) is 4.89. The first-order valence-electron chi connectivity index (χ1n) is 8.92. The minimum Gasteiger partial charge on any atom is -0.496 e. The van der Waals surface area contributed by atoms with Crippen LogP contribution in [0.2, 0.25) is 0 Å². The molecule has 0 spiro atoms. The number of methoxy groups -OCH3 is 1. The van der Waals surface area contributed by atoms with E-state index in [1.807, 2.05) is 29.6 Å². The maximum absolute atomic E-state index is 12.5. The molecule has 1 N–H and O–H groups in total. The summed E-state index contributed by atoms with van der Waals surface area (Å²) in [7, 11) is 1.62. The summed E-state index contributed by atoms with van der Waals surface area (Å²) in [5.74, 6) is 0.698. The highest BCUT2D eigenvalue weighted by Gasteiger charge is 2.16. The lowest BCUT2D eigenvalue weighted by Crippen LogP contribution is -2.23. The Morgan fingerprint density at radius 2 is 1.93 bits per heavy atom. The van der Waals surface area contributed by atoms with Gasteiger partial charge < -0.3 is 9.30 Å². The second-order valence-corrected chi connectivity index (χ2v) is 7.40. The molecule has 0 fully saturated rings. The minimum atomic E-state index is -0.267. The Bertz CT molecular complexity index is 1240. The van der Waals surface area contributed by atoms with E-state index in [1.54, 1.807) is 30.0 Å². The number of ether oxygens (including phenoxy) is 1. The van der Waals surface area contributed by atoms with E-state index in [-0.39, 0.29) is 23.8 Å². The molecule has 0 aliphatic heterocycles. The van der Waals surface area contributed by atoms with E-state index in [9.17, 15) is 9.59 Å². The number of rotatable bonds is 5. The van der Waals surface area contributed by atoms with E-state index in [0.717, 1.165) is 28.4 Å². The number of hydrogen-bond acceptors (Lipinski definition) is 6. The second kappa shape index (κ2) is 7.51. The predicted octanol–water partition coefficient (Wildman–Crippen LogP) is 2.88. The molecule has 0 aliphatic rings. The number of aryl methyl sites for hydroxylation is 2. The fourth-order valence-electron chi connectivity index (χ4n) is 3.22. The summed E-state index contributed by atoms with van der Waals surface area (Å²) in [4.78, 5) is 29.1. The van der Waals surface area contributed by atoms with Gasteiger partial charge in [0.2, 0.25) is 10.9 Å². The number of aromatic nitrogens is 4. The number of amides is 1. The SMILES string of the molecule is COc1ccccc1-c1csc2nc(NC(=O)Cn3c(C)cc(=O)cc3C)nn12. The number of hydrogen-bond donors (Lipinski definition) is 1. The first-order valence-corrected chi connectivity index (χ1v) is 9.80. The van der Waals surface area contributed by atoms with Gasteiger partial charge in [-0.25, -0.2) is 4.52 Å². The Morgan fingerprint density at radius 3 is 2.66 bits per heavy atom. The molecule has 0 aliphatic carbocycles. The molecule has 148 valence electrons. The van der Waals surface area contributed by atoms with Crippen LogP contribution in [0.3, 0.4) is 0 Å². The Morgan fingerprint density at radius 1 is 1.21 bits per heavy atom. The summed E-state index contributed by atoms with van der Waals surface area (Å²) < 4.78 is 8.90. The van der Waals surface area contributed by atoms with Gasteiger partial charge in [0.15, 0.2) is 5.43 Å². The quantitative estimate of drug-likeness (QED) is 0.547. The number of pyridine rings is 1. The number of nitrogens with one attached hydrogen (secondary N) is 1. The molecule has 0 radical (unpaired) electrons. The van der Waals surface area contributed by atoms with E-state index in [1.165, 1.54) is 23.5 Å². The largest absolute Gasteiger partial charge is 0.496 e. The fraction of sp³-hybridized carbons (Fsp3) is 0.200. The van der Waals surface area contributed by atoms with Crippen molar-refractivity contribution in [2.45, 2.75) is 20.4 Å². The van der Waals surface area contributed by atoms with Gasteiger partial charge in [-0.2, -0.15) is 4.98 Å². The standard InChI is InChI=1S/C20H19N5O3S/c1-12-8-14(26)9-13(2)24(12)10-18(27)21-19-22-20-25(23-19)16(11-29-20)15-6-4-5-7-17(15)28-3/h4-9,11H,10H2,1-3H3,(H,21,23,27). The maximum atomic E-state index is 12.5. The highest BCUT2D eigenvalue weighted by Crippen LogP contribution is 2.32. The molecule has 0 saturated carbocycles. The summed E-state index contributed by atoms with van der Waals surface area (Å²) in [6, 6.07) is 10.7. The molecule has 0 bridgehead atoms. The molecule has 8 nitrogen and oxygen atoms in total. The second-order valence-electron chi connectivity index (χ2n) is 6.56. The number of thiazole rings is 1. The minimum absolute atomic E-state index is 0.0727. The van der Waals surface area contributed by atoms with Gasteiger partial charge in [-0.05, 0) is 26.0 Å². The molecule has 0 atom stereocenters. The zero-order chi connectivity index (χ0) is 20.5. The van der Waals surface area contributed by atoms with Gasteiger partial charge in [0, 0.05) is 34.5 Å². The summed E-state index contributed by atoms with van der Waals surface area (Å²) in [6.07, 6.45) is 0. The summed E-state index contributed by atoms with van der Waals surface area (Å²) in [5.41, 5.74) is 3.10. The van der Waals surface area contributed by atoms with E-state index in [4.69, 9.17) is 4.74 Å².